The monoisotopic (exact) mass is 545 g/mol. The Balaban J connectivity index is 1.37. The number of aliphatic hydroxyl groups excluding tert-OH is 4. The van der Waals surface area contributed by atoms with Gasteiger partial charge in [0.15, 0.2) is 6.29 Å². The number of thiazole rings is 1. The largest absolute Gasteiger partial charge is 0.394 e. The highest BCUT2D eigenvalue weighted by Crippen LogP contribution is 2.30. The Morgan fingerprint density at radius 1 is 1.03 bits per heavy atom. The van der Waals surface area contributed by atoms with Gasteiger partial charge in [0, 0.05) is 40.8 Å². The average Bonchev–Trinajstić information content (AvgIpc) is 3.61. The molecule has 0 aliphatic carbocycles. The number of ether oxygens (including phenoxy) is 1. The number of hydrogen-bond acceptors (Lipinski definition) is 8. The van der Waals surface area contributed by atoms with Gasteiger partial charge in [0.05, 0.1) is 12.2 Å². The summed E-state index contributed by atoms with van der Waals surface area (Å²) in [4.78, 5) is 17.9. The van der Waals surface area contributed by atoms with Gasteiger partial charge in [-0.05, 0) is 28.5 Å². The number of fused-ring (bicyclic) bond motifs is 2. The highest BCUT2D eigenvalue weighted by Gasteiger charge is 2.44. The summed E-state index contributed by atoms with van der Waals surface area (Å²) < 4.78 is 7.19. The molecule has 2 aromatic heterocycles. The molecular weight excluding hydrogens is 518 g/mol. The van der Waals surface area contributed by atoms with Crippen LogP contribution in [0.4, 0.5) is 0 Å². The quantitative estimate of drug-likeness (QED) is 0.221. The van der Waals surface area contributed by atoms with Crippen LogP contribution in [0.5, 0.6) is 0 Å². The van der Waals surface area contributed by atoms with Gasteiger partial charge in [-0.15, -0.1) is 11.3 Å². The summed E-state index contributed by atoms with van der Waals surface area (Å²) in [6.45, 7) is -0.0791. The number of carbonyl (C=O) groups is 1. The SMILES string of the molecule is O=C(N[C@H]1C(O)O[C@H](CO)[C@@H](O)[C@@H]1O)c1cn(Cc2ccc3ccccc3c2)c2cc(-c3nccs3)ccc12. The van der Waals surface area contributed by atoms with E-state index in [0.717, 1.165) is 32.4 Å². The molecule has 0 spiro atoms. The topological polar surface area (TPSA) is 137 Å². The molecule has 0 radical (unpaired) electrons. The minimum Gasteiger partial charge on any atom is -0.394 e. The van der Waals surface area contributed by atoms with E-state index in [1.54, 1.807) is 12.4 Å². The number of aliphatic hydroxyl groups is 4. The number of amides is 1. The van der Waals surface area contributed by atoms with Gasteiger partial charge in [0.1, 0.15) is 29.4 Å². The van der Waals surface area contributed by atoms with Gasteiger partial charge >= 0.3 is 0 Å². The Morgan fingerprint density at radius 2 is 1.85 bits per heavy atom. The molecule has 0 saturated carbocycles. The van der Waals surface area contributed by atoms with Gasteiger partial charge in [-0.1, -0.05) is 48.5 Å². The molecule has 1 saturated heterocycles. The summed E-state index contributed by atoms with van der Waals surface area (Å²) in [5.74, 6) is -0.541. The summed E-state index contributed by atoms with van der Waals surface area (Å²) >= 11 is 1.52. The second-order valence-corrected chi connectivity index (χ2v) is 10.5. The van der Waals surface area contributed by atoms with Crippen molar-refractivity contribution in [3.05, 3.63) is 89.6 Å². The van der Waals surface area contributed by atoms with Crippen LogP contribution >= 0.6 is 11.3 Å². The summed E-state index contributed by atoms with van der Waals surface area (Å²) in [6, 6.07) is 18.8. The lowest BCUT2D eigenvalue weighted by Gasteiger charge is -2.40. The number of nitrogens with zero attached hydrogens (tertiary/aromatic N) is 2. The minimum atomic E-state index is -1.60. The molecule has 1 fully saturated rings. The summed E-state index contributed by atoms with van der Waals surface area (Å²) in [7, 11) is 0. The molecule has 10 heteroatoms. The van der Waals surface area contributed by atoms with Crippen LogP contribution in [0.25, 0.3) is 32.2 Å². The fourth-order valence-corrected chi connectivity index (χ4v) is 5.75. The van der Waals surface area contributed by atoms with Crippen LogP contribution in [0.2, 0.25) is 0 Å². The van der Waals surface area contributed by atoms with E-state index >= 15 is 0 Å². The number of benzene rings is 3. The summed E-state index contributed by atoms with van der Waals surface area (Å²) in [5.41, 5.74) is 3.14. The van der Waals surface area contributed by atoms with E-state index in [0.29, 0.717) is 17.5 Å². The van der Waals surface area contributed by atoms with E-state index in [9.17, 15) is 25.2 Å². The van der Waals surface area contributed by atoms with E-state index in [-0.39, 0.29) is 0 Å². The van der Waals surface area contributed by atoms with Crippen LogP contribution in [0.1, 0.15) is 15.9 Å². The molecule has 200 valence electrons. The van der Waals surface area contributed by atoms with Crippen LogP contribution in [0, 0.1) is 0 Å². The fraction of sp³-hybridized carbons (Fsp3) is 0.241. The summed E-state index contributed by atoms with van der Waals surface area (Å²) in [5, 5.41) is 48.8. The third-order valence-electron chi connectivity index (χ3n) is 7.17. The van der Waals surface area contributed by atoms with Crippen LogP contribution in [0.15, 0.2) is 78.4 Å². The van der Waals surface area contributed by atoms with Crippen molar-refractivity contribution in [1.82, 2.24) is 14.9 Å². The van der Waals surface area contributed by atoms with E-state index in [2.05, 4.69) is 40.6 Å². The molecule has 0 bridgehead atoms. The lowest BCUT2D eigenvalue weighted by molar-refractivity contribution is -0.252. The van der Waals surface area contributed by atoms with Crippen LogP contribution < -0.4 is 5.32 Å². The minimum absolute atomic E-state index is 0.342. The molecule has 1 aliphatic heterocycles. The van der Waals surface area contributed by atoms with Crippen LogP contribution in [-0.2, 0) is 11.3 Å². The fourth-order valence-electron chi connectivity index (χ4n) is 5.12. The number of rotatable bonds is 6. The zero-order valence-corrected chi connectivity index (χ0v) is 21.5. The zero-order chi connectivity index (χ0) is 27.1. The summed E-state index contributed by atoms with van der Waals surface area (Å²) in [6.07, 6.45) is -2.27. The van der Waals surface area contributed by atoms with Crippen molar-refractivity contribution in [2.24, 2.45) is 0 Å². The first-order chi connectivity index (χ1) is 18.9. The van der Waals surface area contributed by atoms with E-state index < -0.39 is 43.2 Å². The Hall–Kier alpha value is -3.64. The van der Waals surface area contributed by atoms with E-state index in [4.69, 9.17) is 4.74 Å². The van der Waals surface area contributed by atoms with Crippen molar-refractivity contribution in [1.29, 1.82) is 0 Å². The Kier molecular flexibility index (Phi) is 6.90. The lowest BCUT2D eigenvalue weighted by atomic mass is 9.96. The second-order valence-electron chi connectivity index (χ2n) is 9.65. The third-order valence-corrected chi connectivity index (χ3v) is 7.99. The van der Waals surface area contributed by atoms with Crippen molar-refractivity contribution in [2.45, 2.75) is 37.2 Å². The molecule has 1 amide bonds. The van der Waals surface area contributed by atoms with Crippen molar-refractivity contribution in [2.75, 3.05) is 6.61 Å². The van der Waals surface area contributed by atoms with Gasteiger partial charge in [-0.25, -0.2) is 4.98 Å². The Labute approximate surface area is 227 Å². The molecule has 5 N–H and O–H groups in total. The van der Waals surface area contributed by atoms with Gasteiger partial charge in [0.2, 0.25) is 0 Å². The second kappa shape index (κ2) is 10.5. The number of hydrogen-bond donors (Lipinski definition) is 5. The van der Waals surface area contributed by atoms with Gasteiger partial charge in [-0.2, -0.15) is 0 Å². The first-order valence-corrected chi connectivity index (χ1v) is 13.4. The first-order valence-electron chi connectivity index (χ1n) is 12.5. The van der Waals surface area contributed by atoms with E-state index in [1.165, 1.54) is 11.3 Å². The van der Waals surface area contributed by atoms with Crippen LogP contribution in [0.3, 0.4) is 0 Å². The predicted octanol–water partition coefficient (Wildman–Crippen LogP) is 2.50. The normalized spacial score (nSPS) is 23.3. The Morgan fingerprint density at radius 3 is 2.62 bits per heavy atom. The molecule has 9 nitrogen and oxygen atoms in total. The molecular formula is C29H27N3O6S. The maximum Gasteiger partial charge on any atom is 0.253 e. The highest BCUT2D eigenvalue weighted by atomic mass is 32.1. The smallest absolute Gasteiger partial charge is 0.253 e. The molecule has 3 aromatic carbocycles. The van der Waals surface area contributed by atoms with Crippen molar-refractivity contribution in [3.63, 3.8) is 0 Å². The van der Waals surface area contributed by atoms with Gasteiger partial charge in [0.25, 0.3) is 5.91 Å². The maximum absolute atomic E-state index is 13.5. The highest BCUT2D eigenvalue weighted by molar-refractivity contribution is 7.13. The van der Waals surface area contributed by atoms with Crippen molar-refractivity contribution >= 4 is 38.9 Å². The van der Waals surface area contributed by atoms with Gasteiger partial charge < -0.3 is 35.0 Å². The molecule has 6 rings (SSSR count). The first kappa shape index (κ1) is 25.6. The third kappa shape index (κ3) is 4.82. The number of carbonyl (C=O) groups excluding carboxylic acids is 1. The van der Waals surface area contributed by atoms with Crippen LogP contribution in [-0.4, -0.2) is 73.1 Å². The van der Waals surface area contributed by atoms with Crippen molar-refractivity contribution < 1.29 is 30.0 Å². The zero-order valence-electron chi connectivity index (χ0n) is 20.7. The molecule has 39 heavy (non-hydrogen) atoms. The average molecular weight is 546 g/mol. The predicted molar refractivity (Wildman–Crippen MR) is 147 cm³/mol. The molecule has 1 aliphatic rings. The molecule has 5 aromatic rings. The number of nitrogens with one attached hydrogen (secondary N) is 1. The molecule has 3 heterocycles. The lowest BCUT2D eigenvalue weighted by Crippen LogP contribution is -2.64. The van der Waals surface area contributed by atoms with E-state index in [1.807, 2.05) is 40.3 Å². The Bertz CT molecular complexity index is 1640. The maximum atomic E-state index is 13.5. The number of aromatic nitrogens is 2. The molecule has 1 unspecified atom stereocenters. The standard InChI is InChI=1S/C29H27N3O6S/c33-15-23-25(34)26(35)24(29(37)38-23)31-27(36)21-14-32(13-16-5-6-17-3-1-2-4-18(17)11-16)22-12-19(7-8-20(21)22)28-30-9-10-39-28/h1-12,14,23-26,29,33-35,37H,13,15H2,(H,31,36)/t23-,24-,25-,26-,29?/m1/s1. The molecule has 5 atom stereocenters. The van der Waals surface area contributed by atoms with Gasteiger partial charge in [-0.3, -0.25) is 4.79 Å². The van der Waals surface area contributed by atoms with Crippen molar-refractivity contribution in [3.8, 4) is 10.6 Å².